The molecule has 0 aromatic rings. The number of hydrogen-bond donors (Lipinski definition) is 0. The van der Waals surface area contributed by atoms with Crippen molar-refractivity contribution < 1.29 is 22.8 Å². The molecule has 0 rings (SSSR count). The summed E-state index contributed by atoms with van der Waals surface area (Å²) in [5.41, 5.74) is 2.01. The largest absolute Gasteiger partial charge is 0.529 e. The van der Waals surface area contributed by atoms with Crippen molar-refractivity contribution in [1.82, 2.24) is 0 Å². The number of rotatable bonds is 7. The third-order valence-corrected chi connectivity index (χ3v) is 4.50. The van der Waals surface area contributed by atoms with Gasteiger partial charge in [-0.1, -0.05) is 6.92 Å². The van der Waals surface area contributed by atoms with Crippen LogP contribution >= 0.6 is 0 Å². The van der Waals surface area contributed by atoms with Crippen LogP contribution in [0.15, 0.2) is 11.3 Å². The molecule has 0 saturated carbocycles. The normalized spacial score (nSPS) is 12.7. The van der Waals surface area contributed by atoms with Gasteiger partial charge < -0.3 is 18.0 Å². The highest BCUT2D eigenvalue weighted by molar-refractivity contribution is 6.66. The maximum Gasteiger partial charge on any atom is 0.529 e. The van der Waals surface area contributed by atoms with Gasteiger partial charge >= 0.3 is 14.8 Å². The van der Waals surface area contributed by atoms with Crippen LogP contribution in [0.3, 0.4) is 0 Å². The molecule has 0 bridgehead atoms. The summed E-state index contributed by atoms with van der Waals surface area (Å²) < 4.78 is 20.5. The Morgan fingerprint density at radius 2 is 1.69 bits per heavy atom. The summed E-state index contributed by atoms with van der Waals surface area (Å²) in [6.45, 7) is 3.99. The summed E-state index contributed by atoms with van der Waals surface area (Å²) in [6.07, 6.45) is 0.792. The van der Waals surface area contributed by atoms with Crippen LogP contribution in [0.5, 0.6) is 0 Å². The average Bonchev–Trinajstić information content (AvgIpc) is 2.32. The van der Waals surface area contributed by atoms with E-state index in [1.807, 2.05) is 6.92 Å². The number of esters is 1. The molecule has 0 aliphatic rings. The Balaban J connectivity index is 4.65. The first-order chi connectivity index (χ1) is 7.55. The molecule has 0 N–H and O–H groups in total. The fourth-order valence-electron chi connectivity index (χ4n) is 1.06. The molecule has 94 valence electrons. The smallest absolute Gasteiger partial charge is 0.462 e. The predicted molar refractivity (Wildman–Crippen MR) is 61.8 cm³/mol. The Hall–Kier alpha value is -0.693. The van der Waals surface area contributed by atoms with E-state index in [0.717, 1.165) is 6.42 Å². The minimum absolute atomic E-state index is 0.370. The molecule has 0 atom stereocenters. The maximum atomic E-state index is 11.5. The second-order valence-corrected chi connectivity index (χ2v) is 5.90. The minimum Gasteiger partial charge on any atom is -0.462 e. The number of ether oxygens (including phenoxy) is 1. The molecule has 6 heteroatoms. The van der Waals surface area contributed by atoms with Gasteiger partial charge in [-0.15, -0.1) is 0 Å². The molecule has 0 radical (unpaired) electrons. The predicted octanol–water partition coefficient (Wildman–Crippen LogP) is 1.30. The standard InChI is InChI=1S/C10H20O5Si/c1-6-7-15-10(11)9(2)8-16(12-3,13-4)14-5/h8H,6-7H2,1-5H3/b9-8+. The molecule has 0 aliphatic heterocycles. The summed E-state index contributed by atoms with van der Waals surface area (Å²) in [7, 11) is 1.61. The van der Waals surface area contributed by atoms with Crippen LogP contribution in [-0.4, -0.2) is 42.7 Å². The zero-order chi connectivity index (χ0) is 12.6. The zero-order valence-electron chi connectivity index (χ0n) is 10.5. The first-order valence-corrected chi connectivity index (χ1v) is 6.87. The molecular formula is C10H20O5Si. The lowest BCUT2D eigenvalue weighted by Gasteiger charge is -2.21. The van der Waals surface area contributed by atoms with E-state index in [1.165, 1.54) is 21.3 Å². The third-order valence-electron chi connectivity index (χ3n) is 2.01. The second kappa shape index (κ2) is 7.56. The molecule has 0 unspecified atom stereocenters. The van der Waals surface area contributed by atoms with Gasteiger partial charge in [0.15, 0.2) is 0 Å². The Labute approximate surface area is 97.7 Å². The maximum absolute atomic E-state index is 11.5. The molecule has 5 nitrogen and oxygen atoms in total. The Kier molecular flexibility index (Phi) is 7.23. The van der Waals surface area contributed by atoms with E-state index >= 15 is 0 Å². The van der Waals surface area contributed by atoms with E-state index in [1.54, 1.807) is 12.6 Å². The van der Waals surface area contributed by atoms with Crippen LogP contribution in [-0.2, 0) is 22.8 Å². The summed E-state index contributed by atoms with van der Waals surface area (Å²) >= 11 is 0. The molecule has 0 amide bonds. The first-order valence-electron chi connectivity index (χ1n) is 5.07. The lowest BCUT2D eigenvalue weighted by molar-refractivity contribution is -0.139. The summed E-state index contributed by atoms with van der Waals surface area (Å²) in [6, 6.07) is 0. The van der Waals surface area contributed by atoms with Crippen molar-refractivity contribution in [2.45, 2.75) is 20.3 Å². The fraction of sp³-hybridized carbons (Fsp3) is 0.700. The lowest BCUT2D eigenvalue weighted by Crippen LogP contribution is -2.41. The molecular weight excluding hydrogens is 228 g/mol. The molecule has 0 aromatic carbocycles. The Bertz CT molecular complexity index is 239. The number of carbonyl (C=O) groups excluding carboxylic acids is 1. The quantitative estimate of drug-likeness (QED) is 0.386. The van der Waals surface area contributed by atoms with Gasteiger partial charge in [-0.3, -0.25) is 0 Å². The second-order valence-electron chi connectivity index (χ2n) is 3.18. The van der Waals surface area contributed by atoms with Crippen LogP contribution in [0.25, 0.3) is 0 Å². The SMILES string of the molecule is CCCOC(=O)/C(C)=C/[Si](OC)(OC)OC. The van der Waals surface area contributed by atoms with Gasteiger partial charge in [0.25, 0.3) is 0 Å². The molecule has 0 spiro atoms. The van der Waals surface area contributed by atoms with Gasteiger partial charge in [0.2, 0.25) is 0 Å². The van der Waals surface area contributed by atoms with Gasteiger partial charge in [0, 0.05) is 26.9 Å². The van der Waals surface area contributed by atoms with Crippen molar-refractivity contribution in [1.29, 1.82) is 0 Å². The van der Waals surface area contributed by atoms with Crippen molar-refractivity contribution in [3.8, 4) is 0 Å². The van der Waals surface area contributed by atoms with Crippen molar-refractivity contribution in [3.63, 3.8) is 0 Å². The van der Waals surface area contributed by atoms with Crippen LogP contribution in [0.4, 0.5) is 0 Å². The fourth-order valence-corrected chi connectivity index (χ4v) is 2.56. The van der Waals surface area contributed by atoms with Crippen molar-refractivity contribution >= 4 is 14.8 Å². The topological polar surface area (TPSA) is 54.0 Å². The summed E-state index contributed by atoms with van der Waals surface area (Å²) in [5, 5.41) is 0. The van der Waals surface area contributed by atoms with Crippen LogP contribution in [0.1, 0.15) is 20.3 Å². The molecule has 0 aromatic heterocycles. The summed E-state index contributed by atoms with van der Waals surface area (Å²) in [4.78, 5) is 11.5. The van der Waals surface area contributed by atoms with E-state index in [9.17, 15) is 4.79 Å². The number of carbonyl (C=O) groups is 1. The zero-order valence-corrected chi connectivity index (χ0v) is 11.5. The van der Waals surface area contributed by atoms with Gasteiger partial charge in [-0.05, 0) is 19.0 Å². The molecule has 0 aliphatic carbocycles. The van der Waals surface area contributed by atoms with Gasteiger partial charge in [-0.25, -0.2) is 4.79 Å². The molecule has 0 fully saturated rings. The van der Waals surface area contributed by atoms with Gasteiger partial charge in [0.05, 0.1) is 6.61 Å². The molecule has 0 saturated heterocycles. The Morgan fingerprint density at radius 3 is 2.06 bits per heavy atom. The van der Waals surface area contributed by atoms with Crippen LogP contribution < -0.4 is 0 Å². The van der Waals surface area contributed by atoms with Crippen LogP contribution in [0.2, 0.25) is 0 Å². The van der Waals surface area contributed by atoms with E-state index in [-0.39, 0.29) is 5.97 Å². The van der Waals surface area contributed by atoms with Crippen molar-refractivity contribution in [2.75, 3.05) is 27.9 Å². The first kappa shape index (κ1) is 15.3. The van der Waals surface area contributed by atoms with Crippen LogP contribution in [0, 0.1) is 0 Å². The Morgan fingerprint density at radius 1 is 1.19 bits per heavy atom. The van der Waals surface area contributed by atoms with Crippen molar-refractivity contribution in [2.24, 2.45) is 0 Å². The highest BCUT2D eigenvalue weighted by Gasteiger charge is 2.36. The minimum atomic E-state index is -2.85. The highest BCUT2D eigenvalue weighted by atomic mass is 28.4. The van der Waals surface area contributed by atoms with E-state index in [2.05, 4.69) is 0 Å². The third kappa shape index (κ3) is 4.44. The molecule has 16 heavy (non-hydrogen) atoms. The van der Waals surface area contributed by atoms with Gasteiger partial charge in [0.1, 0.15) is 0 Å². The molecule has 0 heterocycles. The number of hydrogen-bond acceptors (Lipinski definition) is 5. The van der Waals surface area contributed by atoms with Gasteiger partial charge in [-0.2, -0.15) is 0 Å². The average molecular weight is 248 g/mol. The monoisotopic (exact) mass is 248 g/mol. The van der Waals surface area contributed by atoms with Crippen molar-refractivity contribution in [3.05, 3.63) is 11.3 Å². The highest BCUT2D eigenvalue weighted by Crippen LogP contribution is 2.11. The summed E-state index contributed by atoms with van der Waals surface area (Å²) in [5.74, 6) is -0.370. The van der Waals surface area contributed by atoms with E-state index in [0.29, 0.717) is 12.2 Å². The lowest BCUT2D eigenvalue weighted by atomic mass is 10.4. The van der Waals surface area contributed by atoms with E-state index < -0.39 is 8.80 Å². The van der Waals surface area contributed by atoms with E-state index in [4.69, 9.17) is 18.0 Å².